The average Bonchev–Trinajstić information content (AvgIpc) is 2.86. The summed E-state index contributed by atoms with van der Waals surface area (Å²) in [7, 11) is 2.21. The summed E-state index contributed by atoms with van der Waals surface area (Å²) >= 11 is 0. The molecule has 1 aromatic carbocycles. The second-order valence-electron chi connectivity index (χ2n) is 7.47. The van der Waals surface area contributed by atoms with E-state index in [1.54, 1.807) is 0 Å². The van der Waals surface area contributed by atoms with Crippen LogP contribution in [0.2, 0.25) is 0 Å². The SMILES string of the molecule is Cc1cccc(Cn2cc3c(c2)N(CC(C)C)CN(C)C3)c1C. The zero-order valence-electron chi connectivity index (χ0n) is 15.1. The van der Waals surface area contributed by atoms with Crippen LogP contribution in [-0.2, 0) is 13.1 Å². The summed E-state index contributed by atoms with van der Waals surface area (Å²) in [6.07, 6.45) is 4.67. The van der Waals surface area contributed by atoms with Crippen LogP contribution in [-0.4, -0.2) is 29.7 Å². The van der Waals surface area contributed by atoms with E-state index in [0.717, 1.165) is 26.3 Å². The van der Waals surface area contributed by atoms with Crippen molar-refractivity contribution in [2.24, 2.45) is 5.92 Å². The van der Waals surface area contributed by atoms with Gasteiger partial charge in [-0.25, -0.2) is 0 Å². The molecule has 0 N–H and O–H groups in total. The number of aryl methyl sites for hydroxylation is 1. The molecule has 1 aliphatic heterocycles. The van der Waals surface area contributed by atoms with Crippen molar-refractivity contribution in [1.82, 2.24) is 9.47 Å². The first-order valence-corrected chi connectivity index (χ1v) is 8.61. The average molecular weight is 311 g/mol. The number of hydrogen-bond donors (Lipinski definition) is 0. The normalized spacial score (nSPS) is 15.3. The van der Waals surface area contributed by atoms with Crippen LogP contribution < -0.4 is 4.90 Å². The number of nitrogens with zero attached hydrogens (tertiary/aromatic N) is 3. The Bertz CT molecular complexity index is 684. The Morgan fingerprint density at radius 3 is 2.65 bits per heavy atom. The van der Waals surface area contributed by atoms with Gasteiger partial charge in [-0.1, -0.05) is 32.0 Å². The van der Waals surface area contributed by atoms with E-state index in [0.29, 0.717) is 5.92 Å². The Morgan fingerprint density at radius 1 is 1.13 bits per heavy atom. The monoisotopic (exact) mass is 311 g/mol. The Kier molecular flexibility index (Phi) is 4.49. The van der Waals surface area contributed by atoms with Gasteiger partial charge < -0.3 is 9.47 Å². The van der Waals surface area contributed by atoms with Gasteiger partial charge in [0.2, 0.25) is 0 Å². The Morgan fingerprint density at radius 2 is 1.91 bits per heavy atom. The molecular weight excluding hydrogens is 282 g/mol. The molecular formula is C20H29N3. The molecule has 124 valence electrons. The van der Waals surface area contributed by atoms with E-state index >= 15 is 0 Å². The second kappa shape index (κ2) is 6.40. The molecule has 2 heterocycles. The lowest BCUT2D eigenvalue weighted by Gasteiger charge is -2.35. The molecule has 3 rings (SSSR count). The molecule has 0 aliphatic carbocycles. The number of anilines is 1. The topological polar surface area (TPSA) is 11.4 Å². The summed E-state index contributed by atoms with van der Waals surface area (Å²) in [5.74, 6) is 0.678. The fourth-order valence-corrected chi connectivity index (χ4v) is 3.53. The summed E-state index contributed by atoms with van der Waals surface area (Å²) in [6.45, 7) is 13.2. The molecule has 3 nitrogen and oxygen atoms in total. The number of rotatable bonds is 4. The van der Waals surface area contributed by atoms with Crippen LogP contribution in [0.3, 0.4) is 0 Å². The van der Waals surface area contributed by atoms with E-state index in [2.05, 4.69) is 79.7 Å². The fraction of sp³-hybridized carbons (Fsp3) is 0.500. The standard InChI is InChI=1S/C20H29N3/c1-15(2)9-23-14-21(5)10-19-12-22(13-20(19)23)11-18-8-6-7-16(3)17(18)4/h6-8,12-13,15H,9-11,14H2,1-5H3. The molecule has 0 unspecified atom stereocenters. The van der Waals surface area contributed by atoms with E-state index in [4.69, 9.17) is 0 Å². The van der Waals surface area contributed by atoms with Crippen molar-refractivity contribution >= 4 is 5.69 Å². The first kappa shape index (κ1) is 16.1. The maximum Gasteiger partial charge on any atom is 0.0708 e. The lowest BCUT2D eigenvalue weighted by Crippen LogP contribution is -2.41. The van der Waals surface area contributed by atoms with Crippen LogP contribution in [0.5, 0.6) is 0 Å². The van der Waals surface area contributed by atoms with Crippen molar-refractivity contribution < 1.29 is 0 Å². The van der Waals surface area contributed by atoms with Crippen molar-refractivity contribution in [2.75, 3.05) is 25.2 Å². The molecule has 0 bridgehead atoms. The smallest absolute Gasteiger partial charge is 0.0708 e. The molecule has 1 aliphatic rings. The van der Waals surface area contributed by atoms with Crippen molar-refractivity contribution in [3.63, 3.8) is 0 Å². The summed E-state index contributed by atoms with van der Waals surface area (Å²) in [5, 5.41) is 0. The van der Waals surface area contributed by atoms with Gasteiger partial charge >= 0.3 is 0 Å². The third-order valence-electron chi connectivity index (χ3n) is 4.79. The van der Waals surface area contributed by atoms with Crippen molar-refractivity contribution in [3.8, 4) is 0 Å². The lowest BCUT2D eigenvalue weighted by atomic mass is 10.0. The van der Waals surface area contributed by atoms with Crippen molar-refractivity contribution in [3.05, 3.63) is 52.8 Å². The molecule has 2 aromatic rings. The van der Waals surface area contributed by atoms with E-state index in [1.807, 2.05) is 0 Å². The first-order valence-electron chi connectivity index (χ1n) is 8.61. The van der Waals surface area contributed by atoms with Gasteiger partial charge in [0.15, 0.2) is 0 Å². The van der Waals surface area contributed by atoms with Crippen LogP contribution in [0.25, 0.3) is 0 Å². The quantitative estimate of drug-likeness (QED) is 0.845. The number of aromatic nitrogens is 1. The highest BCUT2D eigenvalue weighted by Gasteiger charge is 2.22. The predicted octanol–water partition coefficient (Wildman–Crippen LogP) is 4.02. The lowest BCUT2D eigenvalue weighted by molar-refractivity contribution is 0.304. The molecule has 0 spiro atoms. The molecule has 0 atom stereocenters. The van der Waals surface area contributed by atoms with Crippen LogP contribution >= 0.6 is 0 Å². The van der Waals surface area contributed by atoms with Gasteiger partial charge in [-0.2, -0.15) is 0 Å². The minimum Gasteiger partial charge on any atom is -0.357 e. The maximum absolute atomic E-state index is 2.52. The van der Waals surface area contributed by atoms with Crippen molar-refractivity contribution in [1.29, 1.82) is 0 Å². The van der Waals surface area contributed by atoms with E-state index in [-0.39, 0.29) is 0 Å². The molecule has 0 radical (unpaired) electrons. The molecule has 0 amide bonds. The van der Waals surface area contributed by atoms with Gasteiger partial charge in [-0.05, 0) is 43.5 Å². The predicted molar refractivity (Wildman–Crippen MR) is 98.0 cm³/mol. The third kappa shape index (κ3) is 3.45. The van der Waals surface area contributed by atoms with Gasteiger partial charge in [0, 0.05) is 37.6 Å². The Balaban J connectivity index is 1.87. The van der Waals surface area contributed by atoms with E-state index in [9.17, 15) is 0 Å². The molecule has 0 saturated heterocycles. The fourth-order valence-electron chi connectivity index (χ4n) is 3.53. The highest BCUT2D eigenvalue weighted by atomic mass is 15.3. The number of benzene rings is 1. The number of hydrogen-bond acceptors (Lipinski definition) is 2. The second-order valence-corrected chi connectivity index (χ2v) is 7.47. The largest absolute Gasteiger partial charge is 0.357 e. The van der Waals surface area contributed by atoms with Crippen LogP contribution in [0, 0.1) is 19.8 Å². The van der Waals surface area contributed by atoms with Gasteiger partial charge in [0.1, 0.15) is 0 Å². The summed E-state index contributed by atoms with van der Waals surface area (Å²) in [4.78, 5) is 4.91. The zero-order chi connectivity index (χ0) is 16.6. The zero-order valence-corrected chi connectivity index (χ0v) is 15.1. The van der Waals surface area contributed by atoms with Gasteiger partial charge in [-0.15, -0.1) is 0 Å². The van der Waals surface area contributed by atoms with E-state index in [1.165, 1.54) is 27.9 Å². The minimum absolute atomic E-state index is 0.678. The third-order valence-corrected chi connectivity index (χ3v) is 4.79. The molecule has 3 heteroatoms. The molecule has 0 fully saturated rings. The van der Waals surface area contributed by atoms with Crippen LogP contribution in [0.15, 0.2) is 30.6 Å². The highest BCUT2D eigenvalue weighted by molar-refractivity contribution is 5.54. The summed E-state index contributed by atoms with van der Waals surface area (Å²) in [5.41, 5.74) is 7.07. The van der Waals surface area contributed by atoms with Crippen molar-refractivity contribution in [2.45, 2.75) is 40.8 Å². The first-order chi connectivity index (χ1) is 10.9. The molecule has 23 heavy (non-hydrogen) atoms. The Hall–Kier alpha value is -1.74. The van der Waals surface area contributed by atoms with Gasteiger partial charge in [0.25, 0.3) is 0 Å². The van der Waals surface area contributed by atoms with Gasteiger partial charge in [0.05, 0.1) is 12.4 Å². The number of fused-ring (bicyclic) bond motifs is 1. The maximum atomic E-state index is 2.52. The van der Waals surface area contributed by atoms with E-state index < -0.39 is 0 Å². The summed E-state index contributed by atoms with van der Waals surface area (Å²) in [6, 6.07) is 6.61. The minimum atomic E-state index is 0.678. The molecule has 0 saturated carbocycles. The molecule has 1 aromatic heterocycles. The Labute approximate surface area is 140 Å². The van der Waals surface area contributed by atoms with Gasteiger partial charge in [-0.3, -0.25) is 4.90 Å². The van der Waals surface area contributed by atoms with Crippen LogP contribution in [0.1, 0.15) is 36.1 Å². The summed E-state index contributed by atoms with van der Waals surface area (Å²) < 4.78 is 2.36. The highest BCUT2D eigenvalue weighted by Crippen LogP contribution is 2.29. The van der Waals surface area contributed by atoms with Crippen LogP contribution in [0.4, 0.5) is 5.69 Å².